The molecule has 32 heavy (non-hydrogen) atoms. The fraction of sp³-hybridized carbons (Fsp3) is 0.296. The molecule has 0 amide bonds. The average molecular weight is 445 g/mol. The predicted octanol–water partition coefficient (Wildman–Crippen LogP) is 5.66. The Kier molecular flexibility index (Phi) is 6.54. The van der Waals surface area contributed by atoms with E-state index in [1.54, 1.807) is 0 Å². The van der Waals surface area contributed by atoms with Crippen molar-refractivity contribution >= 4 is 39.0 Å². The molecule has 1 N–H and O–H groups in total. The van der Waals surface area contributed by atoms with E-state index in [4.69, 9.17) is 11.6 Å². The first kappa shape index (κ1) is 21.2. The molecule has 0 spiro atoms. The van der Waals surface area contributed by atoms with Crippen molar-refractivity contribution in [3.05, 3.63) is 83.5 Å². The van der Waals surface area contributed by atoms with Crippen molar-refractivity contribution in [2.24, 2.45) is 0 Å². The van der Waals surface area contributed by atoms with Gasteiger partial charge in [-0.3, -0.25) is 9.88 Å². The van der Waals surface area contributed by atoms with Gasteiger partial charge in [0.05, 0.1) is 5.52 Å². The summed E-state index contributed by atoms with van der Waals surface area (Å²) >= 11 is 6.10. The maximum absolute atomic E-state index is 6.10. The van der Waals surface area contributed by atoms with Crippen molar-refractivity contribution < 1.29 is 0 Å². The van der Waals surface area contributed by atoms with Crippen LogP contribution < -0.4 is 5.32 Å². The molecule has 2 heterocycles. The van der Waals surface area contributed by atoms with Crippen molar-refractivity contribution in [1.29, 1.82) is 0 Å². The van der Waals surface area contributed by atoms with Crippen LogP contribution in [0.25, 0.3) is 21.7 Å². The molecule has 164 valence electrons. The van der Waals surface area contributed by atoms with Crippen LogP contribution in [-0.4, -0.2) is 54.1 Å². The number of pyridine rings is 1. The van der Waals surface area contributed by atoms with Gasteiger partial charge in [-0.05, 0) is 53.6 Å². The first-order valence-corrected chi connectivity index (χ1v) is 11.8. The van der Waals surface area contributed by atoms with Gasteiger partial charge < -0.3 is 10.2 Å². The highest BCUT2D eigenvalue weighted by Crippen LogP contribution is 2.24. The van der Waals surface area contributed by atoms with Gasteiger partial charge in [-0.25, -0.2) is 0 Å². The molecule has 1 aliphatic rings. The number of nitrogens with one attached hydrogen (secondary N) is 1. The molecule has 1 aliphatic heterocycles. The number of nitrogens with zero attached hydrogens (tertiary/aromatic N) is 3. The van der Waals surface area contributed by atoms with E-state index in [-0.39, 0.29) is 0 Å². The molecule has 4 aromatic rings. The van der Waals surface area contributed by atoms with E-state index >= 15 is 0 Å². The van der Waals surface area contributed by atoms with Crippen LogP contribution in [0.15, 0.2) is 72.9 Å². The van der Waals surface area contributed by atoms with Gasteiger partial charge in [0.25, 0.3) is 0 Å². The topological polar surface area (TPSA) is 31.4 Å². The molecule has 1 aromatic heterocycles. The lowest BCUT2D eigenvalue weighted by atomic mass is 10.0. The molecule has 3 aromatic carbocycles. The van der Waals surface area contributed by atoms with Crippen LogP contribution >= 0.6 is 11.6 Å². The lowest BCUT2D eigenvalue weighted by molar-refractivity contribution is 0.127. The zero-order valence-electron chi connectivity index (χ0n) is 18.3. The first-order chi connectivity index (χ1) is 15.8. The summed E-state index contributed by atoms with van der Waals surface area (Å²) in [6.45, 7) is 7.67. The summed E-state index contributed by atoms with van der Waals surface area (Å²) in [6, 6.07) is 23.3. The Hall–Kier alpha value is -2.66. The van der Waals surface area contributed by atoms with Gasteiger partial charge in [0.2, 0.25) is 0 Å². The van der Waals surface area contributed by atoms with E-state index < -0.39 is 0 Å². The summed E-state index contributed by atoms with van der Waals surface area (Å²) < 4.78 is 0. The molecule has 5 rings (SSSR count). The van der Waals surface area contributed by atoms with E-state index in [1.807, 2.05) is 30.5 Å². The van der Waals surface area contributed by atoms with Crippen LogP contribution in [0.3, 0.4) is 0 Å². The number of benzene rings is 3. The largest absolute Gasteiger partial charge is 0.384 e. The molecule has 0 bridgehead atoms. The Labute approximate surface area is 194 Å². The highest BCUT2D eigenvalue weighted by Gasteiger charge is 2.17. The molecule has 1 saturated heterocycles. The Bertz CT molecular complexity index is 1200. The second-order valence-corrected chi connectivity index (χ2v) is 8.99. The number of fused-ring (bicyclic) bond motifs is 2. The molecular formula is C27H29ClN4. The number of hydrogen-bond acceptors (Lipinski definition) is 4. The lowest BCUT2D eigenvalue weighted by Crippen LogP contribution is -2.46. The standard InChI is InChI=1S/C27H29ClN4/c28-23-9-10-25-26(11-13-30-27(25)19-23)29-12-4-14-31-15-17-32(18-16-31)20-22-7-3-6-21-5-1-2-8-24(21)22/h1-3,5-11,13,19H,4,12,14-18,20H2,(H,29,30). The predicted molar refractivity (Wildman–Crippen MR) is 136 cm³/mol. The molecule has 4 nitrogen and oxygen atoms in total. The van der Waals surface area contributed by atoms with E-state index in [2.05, 4.69) is 62.6 Å². The van der Waals surface area contributed by atoms with Crippen molar-refractivity contribution in [3.8, 4) is 0 Å². The smallest absolute Gasteiger partial charge is 0.0737 e. The lowest BCUT2D eigenvalue weighted by Gasteiger charge is -2.35. The SMILES string of the molecule is Clc1ccc2c(NCCCN3CCN(Cc4cccc5ccccc45)CC3)ccnc2c1. The van der Waals surface area contributed by atoms with Crippen LogP contribution in [0.1, 0.15) is 12.0 Å². The third-order valence-electron chi connectivity index (χ3n) is 6.41. The van der Waals surface area contributed by atoms with Crippen LogP contribution in [0.2, 0.25) is 5.02 Å². The molecular weight excluding hydrogens is 416 g/mol. The van der Waals surface area contributed by atoms with Gasteiger partial charge in [-0.15, -0.1) is 0 Å². The first-order valence-electron chi connectivity index (χ1n) is 11.5. The van der Waals surface area contributed by atoms with E-state index in [0.29, 0.717) is 0 Å². The second kappa shape index (κ2) is 9.86. The third kappa shape index (κ3) is 4.88. The number of hydrogen-bond donors (Lipinski definition) is 1. The molecule has 5 heteroatoms. The van der Waals surface area contributed by atoms with Gasteiger partial charge >= 0.3 is 0 Å². The van der Waals surface area contributed by atoms with Gasteiger partial charge in [0.15, 0.2) is 0 Å². The van der Waals surface area contributed by atoms with Crippen LogP contribution in [0.5, 0.6) is 0 Å². The molecule has 0 unspecified atom stereocenters. The monoisotopic (exact) mass is 444 g/mol. The minimum Gasteiger partial charge on any atom is -0.384 e. The van der Waals surface area contributed by atoms with Crippen LogP contribution in [-0.2, 0) is 6.54 Å². The van der Waals surface area contributed by atoms with Crippen molar-refractivity contribution in [2.75, 3.05) is 44.6 Å². The molecule has 1 fully saturated rings. The normalized spacial score (nSPS) is 15.4. The highest BCUT2D eigenvalue weighted by molar-refractivity contribution is 6.31. The molecule has 0 saturated carbocycles. The maximum atomic E-state index is 6.10. The van der Waals surface area contributed by atoms with E-state index in [0.717, 1.165) is 73.8 Å². The van der Waals surface area contributed by atoms with Crippen molar-refractivity contribution in [1.82, 2.24) is 14.8 Å². The van der Waals surface area contributed by atoms with Crippen LogP contribution in [0, 0.1) is 0 Å². The molecule has 0 atom stereocenters. The number of aromatic nitrogens is 1. The van der Waals surface area contributed by atoms with Gasteiger partial charge in [0.1, 0.15) is 0 Å². The zero-order valence-corrected chi connectivity index (χ0v) is 19.1. The fourth-order valence-electron chi connectivity index (χ4n) is 4.64. The van der Waals surface area contributed by atoms with Gasteiger partial charge in [-0.1, -0.05) is 54.1 Å². The summed E-state index contributed by atoms with van der Waals surface area (Å²) in [5, 5.41) is 8.15. The number of anilines is 1. The summed E-state index contributed by atoms with van der Waals surface area (Å²) in [5.41, 5.74) is 3.50. The average Bonchev–Trinajstić information content (AvgIpc) is 2.83. The minimum absolute atomic E-state index is 0.724. The Balaban J connectivity index is 1.08. The Morgan fingerprint density at radius 2 is 1.66 bits per heavy atom. The van der Waals surface area contributed by atoms with Crippen molar-refractivity contribution in [3.63, 3.8) is 0 Å². The molecule has 0 aliphatic carbocycles. The minimum atomic E-state index is 0.724. The molecule has 0 radical (unpaired) electrons. The Morgan fingerprint density at radius 3 is 2.56 bits per heavy atom. The highest BCUT2D eigenvalue weighted by atomic mass is 35.5. The van der Waals surface area contributed by atoms with E-state index in [9.17, 15) is 0 Å². The summed E-state index contributed by atoms with van der Waals surface area (Å²) in [4.78, 5) is 9.60. The fourth-order valence-corrected chi connectivity index (χ4v) is 4.81. The van der Waals surface area contributed by atoms with Crippen molar-refractivity contribution in [2.45, 2.75) is 13.0 Å². The second-order valence-electron chi connectivity index (χ2n) is 8.56. The number of piperazine rings is 1. The number of rotatable bonds is 7. The summed E-state index contributed by atoms with van der Waals surface area (Å²) in [7, 11) is 0. The maximum Gasteiger partial charge on any atom is 0.0737 e. The quantitative estimate of drug-likeness (QED) is 0.372. The Morgan fingerprint density at radius 1 is 0.844 bits per heavy atom. The van der Waals surface area contributed by atoms with Crippen LogP contribution in [0.4, 0.5) is 5.69 Å². The third-order valence-corrected chi connectivity index (χ3v) is 6.65. The zero-order chi connectivity index (χ0) is 21.8. The summed E-state index contributed by atoms with van der Waals surface area (Å²) in [6.07, 6.45) is 2.97. The van der Waals surface area contributed by atoms with Gasteiger partial charge in [0, 0.05) is 61.6 Å². The summed E-state index contributed by atoms with van der Waals surface area (Å²) in [5.74, 6) is 0. The number of halogens is 1. The van der Waals surface area contributed by atoms with Gasteiger partial charge in [-0.2, -0.15) is 0 Å². The van der Waals surface area contributed by atoms with E-state index in [1.165, 1.54) is 16.3 Å².